The summed E-state index contributed by atoms with van der Waals surface area (Å²) in [6.07, 6.45) is 0. The highest BCUT2D eigenvalue weighted by molar-refractivity contribution is 5.23. The van der Waals surface area contributed by atoms with E-state index in [1.54, 1.807) is 0 Å². The third kappa shape index (κ3) is 1.58. The molecule has 1 heterocycles. The van der Waals surface area contributed by atoms with Crippen LogP contribution in [0.2, 0.25) is 0 Å². The van der Waals surface area contributed by atoms with Gasteiger partial charge in [0, 0.05) is 6.04 Å². The van der Waals surface area contributed by atoms with Crippen molar-refractivity contribution in [2.45, 2.75) is 19.9 Å². The molecule has 0 aliphatic heterocycles. The SMILES string of the molecule is CC(C)N(N)c1noc(=O)[nH]1. The number of anilines is 1. The number of nitrogens with one attached hydrogen (secondary N) is 1. The van der Waals surface area contributed by atoms with E-state index < -0.39 is 5.76 Å². The first kappa shape index (κ1) is 7.80. The summed E-state index contributed by atoms with van der Waals surface area (Å²) in [5, 5.41) is 4.71. The summed E-state index contributed by atoms with van der Waals surface area (Å²) >= 11 is 0. The number of hydrogen-bond donors (Lipinski definition) is 2. The molecule has 0 amide bonds. The van der Waals surface area contributed by atoms with Gasteiger partial charge in [-0.3, -0.25) is 14.5 Å². The Bertz CT molecular complexity index is 276. The average Bonchev–Trinajstić information content (AvgIpc) is 2.34. The molecule has 0 saturated heterocycles. The number of hydrazine groups is 1. The van der Waals surface area contributed by atoms with Crippen molar-refractivity contribution in [3.05, 3.63) is 10.6 Å². The van der Waals surface area contributed by atoms with Gasteiger partial charge in [-0.25, -0.2) is 10.6 Å². The van der Waals surface area contributed by atoms with E-state index in [0.717, 1.165) is 0 Å². The van der Waals surface area contributed by atoms with Crippen molar-refractivity contribution in [2.24, 2.45) is 5.84 Å². The van der Waals surface area contributed by atoms with E-state index in [0.29, 0.717) is 0 Å². The summed E-state index contributed by atoms with van der Waals surface area (Å²) < 4.78 is 4.25. The van der Waals surface area contributed by atoms with Crippen LogP contribution >= 0.6 is 0 Å². The largest absolute Gasteiger partial charge is 0.440 e. The fourth-order valence-electron chi connectivity index (χ4n) is 0.578. The van der Waals surface area contributed by atoms with Crippen molar-refractivity contribution in [1.29, 1.82) is 0 Å². The topological polar surface area (TPSA) is 88.2 Å². The normalized spacial score (nSPS) is 10.5. The van der Waals surface area contributed by atoms with E-state index in [-0.39, 0.29) is 12.0 Å². The van der Waals surface area contributed by atoms with Crippen LogP contribution in [0.4, 0.5) is 5.95 Å². The summed E-state index contributed by atoms with van der Waals surface area (Å²) in [5.41, 5.74) is 0. The Morgan fingerprint density at radius 3 is 2.73 bits per heavy atom. The maximum atomic E-state index is 10.5. The highest BCUT2D eigenvalue weighted by Crippen LogP contribution is 2.01. The molecule has 11 heavy (non-hydrogen) atoms. The van der Waals surface area contributed by atoms with E-state index in [9.17, 15) is 4.79 Å². The number of H-pyrrole nitrogens is 1. The smallest absolute Gasteiger partial charge is 0.294 e. The predicted molar refractivity (Wildman–Crippen MR) is 38.9 cm³/mol. The Hall–Kier alpha value is -1.30. The quantitative estimate of drug-likeness (QED) is 0.445. The molecule has 3 N–H and O–H groups in total. The van der Waals surface area contributed by atoms with Gasteiger partial charge in [-0.15, -0.1) is 0 Å². The van der Waals surface area contributed by atoms with E-state index in [2.05, 4.69) is 14.7 Å². The zero-order valence-corrected chi connectivity index (χ0v) is 6.37. The van der Waals surface area contributed by atoms with Crippen molar-refractivity contribution in [2.75, 3.05) is 5.01 Å². The molecule has 0 radical (unpaired) electrons. The highest BCUT2D eigenvalue weighted by Gasteiger charge is 2.09. The van der Waals surface area contributed by atoms with Crippen LogP contribution in [-0.2, 0) is 0 Å². The van der Waals surface area contributed by atoms with Crippen LogP contribution in [0, 0.1) is 0 Å². The zero-order chi connectivity index (χ0) is 8.43. The second-order valence-corrected chi connectivity index (χ2v) is 2.42. The highest BCUT2D eigenvalue weighted by atomic mass is 16.5. The Kier molecular flexibility index (Phi) is 1.95. The fourth-order valence-corrected chi connectivity index (χ4v) is 0.578. The molecule has 0 bridgehead atoms. The van der Waals surface area contributed by atoms with Gasteiger partial charge in [-0.2, -0.15) is 0 Å². The molecule has 0 spiro atoms. The van der Waals surface area contributed by atoms with E-state index in [1.165, 1.54) is 5.01 Å². The Labute approximate surface area is 62.9 Å². The van der Waals surface area contributed by atoms with Gasteiger partial charge in [-0.1, -0.05) is 0 Å². The molecule has 0 aliphatic rings. The second kappa shape index (κ2) is 2.75. The molecule has 6 heteroatoms. The molecule has 0 unspecified atom stereocenters. The first-order valence-electron chi connectivity index (χ1n) is 3.21. The molecule has 0 aromatic carbocycles. The first-order chi connectivity index (χ1) is 5.11. The van der Waals surface area contributed by atoms with Gasteiger partial charge < -0.3 is 0 Å². The minimum absolute atomic E-state index is 0.0655. The van der Waals surface area contributed by atoms with Crippen LogP contribution in [0.5, 0.6) is 0 Å². The molecule has 0 saturated carbocycles. The minimum atomic E-state index is -0.601. The van der Waals surface area contributed by atoms with Gasteiger partial charge >= 0.3 is 5.76 Å². The Morgan fingerprint density at radius 2 is 2.36 bits per heavy atom. The van der Waals surface area contributed by atoms with Crippen LogP contribution in [0.15, 0.2) is 9.32 Å². The minimum Gasteiger partial charge on any atom is -0.294 e. The molecule has 62 valence electrons. The van der Waals surface area contributed by atoms with Gasteiger partial charge in [-0.05, 0) is 19.0 Å². The van der Waals surface area contributed by atoms with Gasteiger partial charge in [0.15, 0.2) is 0 Å². The van der Waals surface area contributed by atoms with Crippen molar-refractivity contribution >= 4 is 5.95 Å². The van der Waals surface area contributed by atoms with Crippen LogP contribution in [0.3, 0.4) is 0 Å². The molecular formula is C5H10N4O2. The zero-order valence-electron chi connectivity index (χ0n) is 6.37. The first-order valence-corrected chi connectivity index (χ1v) is 3.21. The van der Waals surface area contributed by atoms with E-state index >= 15 is 0 Å². The van der Waals surface area contributed by atoms with E-state index in [4.69, 9.17) is 5.84 Å². The summed E-state index contributed by atoms with van der Waals surface area (Å²) in [7, 11) is 0. The number of hydrogen-bond acceptors (Lipinski definition) is 5. The van der Waals surface area contributed by atoms with Crippen molar-refractivity contribution in [1.82, 2.24) is 10.1 Å². The van der Waals surface area contributed by atoms with Crippen LogP contribution in [-0.4, -0.2) is 16.2 Å². The molecule has 0 aliphatic carbocycles. The average molecular weight is 158 g/mol. The van der Waals surface area contributed by atoms with Crippen molar-refractivity contribution in [3.8, 4) is 0 Å². The number of aromatic nitrogens is 2. The lowest BCUT2D eigenvalue weighted by Gasteiger charge is -2.17. The van der Waals surface area contributed by atoms with Crippen LogP contribution in [0.1, 0.15) is 13.8 Å². The lowest BCUT2D eigenvalue weighted by Crippen LogP contribution is -2.38. The standard InChI is InChI=1S/C5H10N4O2/c1-3(2)9(6)4-7-5(10)11-8-4/h3H,6H2,1-2H3,(H,7,8,10). The lowest BCUT2D eigenvalue weighted by atomic mass is 10.4. The number of nitrogens with zero attached hydrogens (tertiary/aromatic N) is 2. The summed E-state index contributed by atoms with van der Waals surface area (Å²) in [5.74, 6) is 5.13. The van der Waals surface area contributed by atoms with Crippen LogP contribution < -0.4 is 16.6 Å². The summed E-state index contributed by atoms with van der Waals surface area (Å²) in [6, 6.07) is 0.0655. The van der Waals surface area contributed by atoms with Crippen molar-refractivity contribution < 1.29 is 4.52 Å². The fraction of sp³-hybridized carbons (Fsp3) is 0.600. The predicted octanol–water partition coefficient (Wildman–Crippen LogP) is -0.549. The lowest BCUT2D eigenvalue weighted by molar-refractivity contribution is 0.385. The van der Waals surface area contributed by atoms with Crippen LogP contribution in [0.25, 0.3) is 0 Å². The molecule has 0 atom stereocenters. The molecule has 1 aromatic heterocycles. The molecule has 1 rings (SSSR count). The summed E-state index contributed by atoms with van der Waals surface area (Å²) in [4.78, 5) is 12.8. The van der Waals surface area contributed by atoms with Gasteiger partial charge in [0.2, 0.25) is 0 Å². The molecule has 6 nitrogen and oxygen atoms in total. The maximum Gasteiger partial charge on any atom is 0.440 e. The van der Waals surface area contributed by atoms with Crippen molar-refractivity contribution in [3.63, 3.8) is 0 Å². The molecule has 0 fully saturated rings. The van der Waals surface area contributed by atoms with Gasteiger partial charge in [0.05, 0.1) is 0 Å². The Morgan fingerprint density at radius 1 is 1.73 bits per heavy atom. The third-order valence-electron chi connectivity index (χ3n) is 1.23. The molecule has 1 aromatic rings. The monoisotopic (exact) mass is 158 g/mol. The number of aromatic amines is 1. The Balaban J connectivity index is 2.84. The number of rotatable bonds is 2. The van der Waals surface area contributed by atoms with Gasteiger partial charge in [0.1, 0.15) is 0 Å². The molecular weight excluding hydrogens is 148 g/mol. The summed E-state index contributed by atoms with van der Waals surface area (Å²) in [6.45, 7) is 3.74. The van der Waals surface area contributed by atoms with E-state index in [1.807, 2.05) is 13.8 Å². The third-order valence-corrected chi connectivity index (χ3v) is 1.23. The maximum absolute atomic E-state index is 10.5. The number of nitrogens with two attached hydrogens (primary N) is 1. The van der Waals surface area contributed by atoms with Gasteiger partial charge in [0.25, 0.3) is 5.95 Å². The second-order valence-electron chi connectivity index (χ2n) is 2.42.